The topological polar surface area (TPSA) is 50.2 Å². The zero-order valence-corrected chi connectivity index (χ0v) is 8.11. The van der Waals surface area contributed by atoms with Crippen LogP contribution in [0.3, 0.4) is 0 Å². The van der Waals surface area contributed by atoms with Gasteiger partial charge in [-0.2, -0.15) is 0 Å². The highest BCUT2D eigenvalue weighted by Gasteiger charge is 2.04. The summed E-state index contributed by atoms with van der Waals surface area (Å²) in [7, 11) is 5.32. The Hall–Kier alpha value is -1.52. The Labute approximate surface area is 77.4 Å². The van der Waals surface area contributed by atoms with Crippen molar-refractivity contribution in [2.24, 2.45) is 7.05 Å². The smallest absolute Gasteiger partial charge is 0.241 e. The number of imidazole rings is 1. The van der Waals surface area contributed by atoms with Crippen LogP contribution in [0.5, 0.6) is 0 Å². The van der Waals surface area contributed by atoms with E-state index < -0.39 is 0 Å². The minimum Gasteiger partial charge on any atom is -0.347 e. The summed E-state index contributed by atoms with van der Waals surface area (Å²) >= 11 is 0. The molecule has 0 bridgehead atoms. The van der Waals surface area contributed by atoms with Gasteiger partial charge in [0.25, 0.3) is 0 Å². The van der Waals surface area contributed by atoms with Crippen LogP contribution in [0, 0.1) is 0 Å². The number of carbonyl (C=O) groups excluding carboxylic acids is 1. The van der Waals surface area contributed by atoms with E-state index in [1.807, 2.05) is 17.8 Å². The summed E-state index contributed by atoms with van der Waals surface area (Å²) in [5.74, 6) is 0.734. The largest absolute Gasteiger partial charge is 0.347 e. The number of hydrogen-bond acceptors (Lipinski definition) is 3. The van der Waals surface area contributed by atoms with E-state index in [9.17, 15) is 4.79 Å². The number of amides is 1. The maximum absolute atomic E-state index is 11.2. The number of rotatable bonds is 3. The Morgan fingerprint density at radius 1 is 1.69 bits per heavy atom. The highest BCUT2D eigenvalue weighted by atomic mass is 16.2. The third-order valence-electron chi connectivity index (χ3n) is 1.72. The zero-order valence-electron chi connectivity index (χ0n) is 8.11. The third kappa shape index (κ3) is 2.47. The molecule has 0 aliphatic heterocycles. The summed E-state index contributed by atoms with van der Waals surface area (Å²) in [4.78, 5) is 16.7. The molecule has 0 spiro atoms. The van der Waals surface area contributed by atoms with Gasteiger partial charge in [0, 0.05) is 33.5 Å². The summed E-state index contributed by atoms with van der Waals surface area (Å²) < 4.78 is 1.82. The molecule has 0 unspecified atom stereocenters. The molecule has 1 N–H and O–H groups in total. The first-order chi connectivity index (χ1) is 6.11. The number of anilines is 1. The molecule has 0 saturated carbocycles. The minimum atomic E-state index is 0.0306. The molecule has 0 saturated heterocycles. The predicted octanol–water partition coefficient (Wildman–Crippen LogP) is -0.0798. The second-order valence-electron chi connectivity index (χ2n) is 3.00. The molecule has 0 atom stereocenters. The van der Waals surface area contributed by atoms with Crippen molar-refractivity contribution < 1.29 is 4.79 Å². The molecule has 0 aromatic carbocycles. The Morgan fingerprint density at radius 3 is 2.85 bits per heavy atom. The minimum absolute atomic E-state index is 0.0306. The van der Waals surface area contributed by atoms with Crippen LogP contribution in [0.15, 0.2) is 12.4 Å². The lowest BCUT2D eigenvalue weighted by Crippen LogP contribution is -2.29. The lowest BCUT2D eigenvalue weighted by atomic mass is 10.5. The lowest BCUT2D eigenvalue weighted by molar-refractivity contribution is -0.126. The van der Waals surface area contributed by atoms with Gasteiger partial charge < -0.3 is 14.8 Å². The van der Waals surface area contributed by atoms with E-state index in [0.717, 1.165) is 0 Å². The van der Waals surface area contributed by atoms with Gasteiger partial charge in [-0.25, -0.2) is 4.98 Å². The first kappa shape index (κ1) is 9.57. The summed E-state index contributed by atoms with van der Waals surface area (Å²) in [5, 5.41) is 2.93. The van der Waals surface area contributed by atoms with Gasteiger partial charge >= 0.3 is 0 Å². The van der Waals surface area contributed by atoms with Crippen LogP contribution in [0.2, 0.25) is 0 Å². The van der Waals surface area contributed by atoms with Crippen LogP contribution in [-0.2, 0) is 11.8 Å². The third-order valence-corrected chi connectivity index (χ3v) is 1.72. The van der Waals surface area contributed by atoms with Crippen molar-refractivity contribution in [1.82, 2.24) is 14.5 Å². The SMILES string of the molecule is CN(C)C(=O)CNc1nccn1C. The highest BCUT2D eigenvalue weighted by molar-refractivity contribution is 5.79. The lowest BCUT2D eigenvalue weighted by Gasteiger charge is -2.11. The van der Waals surface area contributed by atoms with Gasteiger partial charge in [0.2, 0.25) is 11.9 Å². The van der Waals surface area contributed by atoms with Gasteiger partial charge in [0.1, 0.15) is 0 Å². The van der Waals surface area contributed by atoms with Gasteiger partial charge in [-0.1, -0.05) is 0 Å². The average Bonchev–Trinajstić information content (AvgIpc) is 2.47. The highest BCUT2D eigenvalue weighted by Crippen LogP contribution is 1.99. The molecule has 0 aliphatic rings. The second kappa shape index (κ2) is 3.93. The van der Waals surface area contributed by atoms with Gasteiger partial charge in [-0.05, 0) is 0 Å². The molecule has 13 heavy (non-hydrogen) atoms. The maximum Gasteiger partial charge on any atom is 0.241 e. The number of carbonyl (C=O) groups is 1. The molecule has 0 radical (unpaired) electrons. The number of aryl methyl sites for hydroxylation is 1. The summed E-state index contributed by atoms with van der Waals surface area (Å²) in [6.07, 6.45) is 3.50. The van der Waals surface area contributed by atoms with E-state index in [-0.39, 0.29) is 12.5 Å². The maximum atomic E-state index is 11.2. The fraction of sp³-hybridized carbons (Fsp3) is 0.500. The van der Waals surface area contributed by atoms with Gasteiger partial charge in [-0.3, -0.25) is 4.79 Å². The molecule has 1 amide bonds. The van der Waals surface area contributed by atoms with Gasteiger partial charge in [-0.15, -0.1) is 0 Å². The van der Waals surface area contributed by atoms with Gasteiger partial charge in [0.05, 0.1) is 6.54 Å². The van der Waals surface area contributed by atoms with E-state index in [0.29, 0.717) is 5.95 Å². The number of nitrogens with one attached hydrogen (secondary N) is 1. The van der Waals surface area contributed by atoms with E-state index in [2.05, 4.69) is 10.3 Å². The van der Waals surface area contributed by atoms with Crippen LogP contribution in [0.4, 0.5) is 5.95 Å². The van der Waals surface area contributed by atoms with Crippen LogP contribution >= 0.6 is 0 Å². The van der Waals surface area contributed by atoms with Crippen molar-refractivity contribution in [3.8, 4) is 0 Å². The van der Waals surface area contributed by atoms with Gasteiger partial charge in [0.15, 0.2) is 0 Å². The first-order valence-corrected chi connectivity index (χ1v) is 4.02. The second-order valence-corrected chi connectivity index (χ2v) is 3.00. The van der Waals surface area contributed by atoms with Crippen LogP contribution in [0.25, 0.3) is 0 Å². The molecule has 5 nitrogen and oxygen atoms in total. The molecule has 1 rings (SSSR count). The molecule has 1 aromatic rings. The number of likely N-dealkylation sites (N-methyl/N-ethyl adjacent to an activating group) is 1. The Balaban J connectivity index is 2.44. The zero-order chi connectivity index (χ0) is 9.84. The Bertz CT molecular complexity index is 292. The molecular weight excluding hydrogens is 168 g/mol. The van der Waals surface area contributed by atoms with Crippen molar-refractivity contribution in [2.45, 2.75) is 0 Å². The van der Waals surface area contributed by atoms with Crippen molar-refractivity contribution >= 4 is 11.9 Å². The average molecular weight is 182 g/mol. The summed E-state index contributed by atoms with van der Waals surface area (Å²) in [6, 6.07) is 0. The van der Waals surface area contributed by atoms with E-state index in [1.54, 1.807) is 20.3 Å². The standard InChI is InChI=1S/C8H14N4O/c1-11(2)7(13)6-10-8-9-4-5-12(8)3/h4-5H,6H2,1-3H3,(H,9,10). The number of hydrogen-bond donors (Lipinski definition) is 1. The summed E-state index contributed by atoms with van der Waals surface area (Å²) in [6.45, 7) is 0.276. The normalized spacial score (nSPS) is 9.77. The van der Waals surface area contributed by atoms with Crippen molar-refractivity contribution in [3.05, 3.63) is 12.4 Å². The fourth-order valence-corrected chi connectivity index (χ4v) is 0.849. The predicted molar refractivity (Wildman–Crippen MR) is 50.4 cm³/mol. The quantitative estimate of drug-likeness (QED) is 0.711. The van der Waals surface area contributed by atoms with Crippen LogP contribution in [0.1, 0.15) is 0 Å². The van der Waals surface area contributed by atoms with Crippen molar-refractivity contribution in [1.29, 1.82) is 0 Å². The molecule has 1 aromatic heterocycles. The molecule has 72 valence electrons. The Morgan fingerprint density at radius 2 is 2.38 bits per heavy atom. The van der Waals surface area contributed by atoms with Crippen molar-refractivity contribution in [3.63, 3.8) is 0 Å². The number of nitrogens with zero attached hydrogens (tertiary/aromatic N) is 3. The molecule has 0 fully saturated rings. The van der Waals surface area contributed by atoms with E-state index >= 15 is 0 Å². The first-order valence-electron chi connectivity index (χ1n) is 4.02. The van der Waals surface area contributed by atoms with Crippen molar-refractivity contribution in [2.75, 3.05) is 26.0 Å². The monoisotopic (exact) mass is 182 g/mol. The molecule has 5 heteroatoms. The molecule has 1 heterocycles. The number of aromatic nitrogens is 2. The van der Waals surface area contributed by atoms with Crippen LogP contribution < -0.4 is 5.32 Å². The molecular formula is C8H14N4O. The molecule has 0 aliphatic carbocycles. The fourth-order valence-electron chi connectivity index (χ4n) is 0.849. The van der Waals surface area contributed by atoms with E-state index in [4.69, 9.17) is 0 Å². The van der Waals surface area contributed by atoms with E-state index in [1.165, 1.54) is 4.90 Å². The Kier molecular flexibility index (Phi) is 2.89. The summed E-state index contributed by atoms with van der Waals surface area (Å²) in [5.41, 5.74) is 0. The van der Waals surface area contributed by atoms with Crippen LogP contribution in [-0.4, -0.2) is 41.0 Å².